The van der Waals surface area contributed by atoms with Crippen LogP contribution in [0.4, 0.5) is 0 Å². The minimum atomic E-state index is -0.877. The van der Waals surface area contributed by atoms with Crippen LogP contribution in [0.1, 0.15) is 23.5 Å². The summed E-state index contributed by atoms with van der Waals surface area (Å²) in [5, 5.41) is 9.69. The summed E-state index contributed by atoms with van der Waals surface area (Å²) in [7, 11) is 0. The first-order valence-corrected chi connectivity index (χ1v) is 7.40. The van der Waals surface area contributed by atoms with Gasteiger partial charge in [-0.05, 0) is 17.5 Å². The van der Waals surface area contributed by atoms with Crippen LogP contribution in [0.3, 0.4) is 0 Å². The zero-order valence-corrected chi connectivity index (χ0v) is 12.2. The lowest BCUT2D eigenvalue weighted by molar-refractivity contribution is -0.132. The lowest BCUT2D eigenvalue weighted by Gasteiger charge is -2.19. The highest BCUT2D eigenvalue weighted by Crippen LogP contribution is 2.33. The van der Waals surface area contributed by atoms with Gasteiger partial charge in [0.25, 0.3) is 0 Å². The summed E-state index contributed by atoms with van der Waals surface area (Å²) in [4.78, 5) is 11.8. The van der Waals surface area contributed by atoms with E-state index in [1.54, 1.807) is 0 Å². The molecule has 1 saturated heterocycles. The summed E-state index contributed by atoms with van der Waals surface area (Å²) >= 11 is 0. The monoisotopic (exact) mass is 294 g/mol. The van der Waals surface area contributed by atoms with Crippen molar-refractivity contribution in [3.05, 3.63) is 83.4 Å². The maximum Gasteiger partial charge on any atom is 0.332 e. The van der Waals surface area contributed by atoms with Crippen molar-refractivity contribution < 1.29 is 14.6 Å². The van der Waals surface area contributed by atoms with Crippen molar-refractivity contribution >= 4 is 5.97 Å². The lowest BCUT2D eigenvalue weighted by atomic mass is 9.84. The summed E-state index contributed by atoms with van der Waals surface area (Å²) in [5.41, 5.74) is 2.38. The van der Waals surface area contributed by atoms with Gasteiger partial charge in [-0.3, -0.25) is 0 Å². The molecule has 3 heteroatoms. The summed E-state index contributed by atoms with van der Waals surface area (Å²) in [5.74, 6) is -1.14. The molecule has 112 valence electrons. The zero-order chi connectivity index (χ0) is 15.4. The molecule has 3 nitrogen and oxygen atoms in total. The Morgan fingerprint density at radius 1 is 1.09 bits per heavy atom. The first-order valence-electron chi connectivity index (χ1n) is 7.40. The quantitative estimate of drug-likeness (QED) is 0.654. The molecule has 3 rings (SSSR count). The molecule has 0 spiro atoms. The summed E-state index contributed by atoms with van der Waals surface area (Å²) in [6.45, 7) is 0.727. The number of rotatable bonds is 6. The largest absolute Gasteiger partial charge is 0.478 e. The van der Waals surface area contributed by atoms with Gasteiger partial charge in [0.15, 0.2) is 0 Å². The van der Waals surface area contributed by atoms with Gasteiger partial charge in [-0.1, -0.05) is 66.7 Å². The third kappa shape index (κ3) is 3.43. The molecule has 22 heavy (non-hydrogen) atoms. The SMILES string of the molecule is O=C(O)C(=CCC1CO1)C(c1ccccc1)c1ccccc1. The number of ether oxygens (including phenoxy) is 1. The first kappa shape index (κ1) is 14.5. The van der Waals surface area contributed by atoms with E-state index in [2.05, 4.69) is 0 Å². The molecular weight excluding hydrogens is 276 g/mol. The van der Waals surface area contributed by atoms with Crippen LogP contribution in [0.5, 0.6) is 0 Å². The Bertz CT molecular complexity index is 618. The second-order valence-electron chi connectivity index (χ2n) is 5.41. The van der Waals surface area contributed by atoms with E-state index in [4.69, 9.17) is 4.74 Å². The standard InChI is InChI=1S/C19H18O3/c20-19(21)17(12-11-16-13-22-16)18(14-7-3-1-4-8-14)15-9-5-2-6-10-15/h1-10,12,16,18H,11,13H2,(H,20,21). The predicted molar refractivity (Wildman–Crippen MR) is 84.8 cm³/mol. The van der Waals surface area contributed by atoms with E-state index in [0.717, 1.165) is 17.7 Å². The molecule has 1 N–H and O–H groups in total. The van der Waals surface area contributed by atoms with Crippen molar-refractivity contribution in [3.63, 3.8) is 0 Å². The third-order valence-electron chi connectivity index (χ3n) is 3.83. The fourth-order valence-electron chi connectivity index (χ4n) is 2.63. The van der Waals surface area contributed by atoms with Gasteiger partial charge in [-0.15, -0.1) is 0 Å². The summed E-state index contributed by atoms with van der Waals surface area (Å²) < 4.78 is 5.19. The number of epoxide rings is 1. The molecule has 1 atom stereocenters. The number of benzene rings is 2. The van der Waals surface area contributed by atoms with E-state index >= 15 is 0 Å². The van der Waals surface area contributed by atoms with Gasteiger partial charge in [0.1, 0.15) is 0 Å². The average molecular weight is 294 g/mol. The minimum Gasteiger partial charge on any atom is -0.478 e. The smallest absolute Gasteiger partial charge is 0.332 e. The molecule has 1 heterocycles. The summed E-state index contributed by atoms with van der Waals surface area (Å²) in [6.07, 6.45) is 2.64. The second kappa shape index (κ2) is 6.58. The van der Waals surface area contributed by atoms with E-state index in [0.29, 0.717) is 12.0 Å². The highest BCUT2D eigenvalue weighted by atomic mass is 16.6. The average Bonchev–Trinajstić information content (AvgIpc) is 3.37. The Labute approximate surface area is 129 Å². The molecule has 1 unspecified atom stereocenters. The van der Waals surface area contributed by atoms with Crippen LogP contribution in [-0.2, 0) is 9.53 Å². The summed E-state index contributed by atoms with van der Waals surface area (Å²) in [6, 6.07) is 19.5. The fourth-order valence-corrected chi connectivity index (χ4v) is 2.63. The molecule has 0 aromatic heterocycles. The number of aliphatic carboxylic acids is 1. The Balaban J connectivity index is 2.02. The minimum absolute atomic E-state index is 0.182. The van der Waals surface area contributed by atoms with Gasteiger partial charge in [-0.25, -0.2) is 4.79 Å². The van der Waals surface area contributed by atoms with Gasteiger partial charge in [0, 0.05) is 11.5 Å². The molecule has 0 saturated carbocycles. The van der Waals surface area contributed by atoms with Crippen molar-refractivity contribution in [1.82, 2.24) is 0 Å². The van der Waals surface area contributed by atoms with Crippen molar-refractivity contribution in [2.45, 2.75) is 18.4 Å². The maximum atomic E-state index is 11.8. The van der Waals surface area contributed by atoms with Crippen molar-refractivity contribution in [2.75, 3.05) is 6.61 Å². The molecule has 1 aliphatic rings. The molecule has 2 aromatic carbocycles. The predicted octanol–water partition coefficient (Wildman–Crippen LogP) is 3.62. The van der Waals surface area contributed by atoms with Gasteiger partial charge in [0.2, 0.25) is 0 Å². The zero-order valence-electron chi connectivity index (χ0n) is 12.2. The molecule has 0 bridgehead atoms. The maximum absolute atomic E-state index is 11.8. The van der Waals surface area contributed by atoms with Gasteiger partial charge < -0.3 is 9.84 Å². The molecule has 0 aliphatic carbocycles. The van der Waals surface area contributed by atoms with E-state index in [9.17, 15) is 9.90 Å². The van der Waals surface area contributed by atoms with Gasteiger partial charge >= 0.3 is 5.97 Å². The molecule has 0 radical (unpaired) electrons. The second-order valence-corrected chi connectivity index (χ2v) is 5.41. The highest BCUT2D eigenvalue weighted by Gasteiger charge is 2.26. The molecule has 0 amide bonds. The normalized spacial score (nSPS) is 17.5. The number of carbonyl (C=O) groups is 1. The van der Waals surface area contributed by atoms with Gasteiger partial charge in [-0.2, -0.15) is 0 Å². The van der Waals surface area contributed by atoms with E-state index in [1.807, 2.05) is 66.7 Å². The Kier molecular flexibility index (Phi) is 4.35. The van der Waals surface area contributed by atoms with Crippen LogP contribution in [0, 0.1) is 0 Å². The van der Waals surface area contributed by atoms with E-state index in [1.165, 1.54) is 0 Å². The Hall–Kier alpha value is -2.39. The molecule has 1 aliphatic heterocycles. The lowest BCUT2D eigenvalue weighted by Crippen LogP contribution is -2.13. The van der Waals surface area contributed by atoms with Crippen molar-refractivity contribution in [3.8, 4) is 0 Å². The molecule has 2 aromatic rings. The first-order chi connectivity index (χ1) is 10.8. The topological polar surface area (TPSA) is 49.8 Å². The van der Waals surface area contributed by atoms with Crippen LogP contribution < -0.4 is 0 Å². The van der Waals surface area contributed by atoms with Crippen molar-refractivity contribution in [1.29, 1.82) is 0 Å². The van der Waals surface area contributed by atoms with Crippen LogP contribution in [0.2, 0.25) is 0 Å². The number of carboxylic acid groups (broad SMARTS) is 1. The van der Waals surface area contributed by atoms with Gasteiger partial charge in [0.05, 0.1) is 12.7 Å². The number of hydrogen-bond acceptors (Lipinski definition) is 2. The van der Waals surface area contributed by atoms with E-state index < -0.39 is 5.97 Å². The third-order valence-corrected chi connectivity index (χ3v) is 3.83. The van der Waals surface area contributed by atoms with Crippen molar-refractivity contribution in [2.24, 2.45) is 0 Å². The van der Waals surface area contributed by atoms with Crippen LogP contribution in [0.15, 0.2) is 72.3 Å². The van der Waals surface area contributed by atoms with Crippen LogP contribution >= 0.6 is 0 Å². The highest BCUT2D eigenvalue weighted by molar-refractivity contribution is 5.89. The molecular formula is C19H18O3. The molecule has 1 fully saturated rings. The number of carboxylic acids is 1. The van der Waals surface area contributed by atoms with Crippen LogP contribution in [-0.4, -0.2) is 23.8 Å². The number of hydrogen-bond donors (Lipinski definition) is 1. The Morgan fingerprint density at radius 3 is 2.00 bits per heavy atom. The van der Waals surface area contributed by atoms with E-state index in [-0.39, 0.29) is 12.0 Å². The van der Waals surface area contributed by atoms with Crippen LogP contribution in [0.25, 0.3) is 0 Å². The Morgan fingerprint density at radius 2 is 1.59 bits per heavy atom. The fraction of sp³-hybridized carbons (Fsp3) is 0.211.